The molecule has 3 fully saturated rings. The van der Waals surface area contributed by atoms with Crippen LogP contribution in [0.2, 0.25) is 0 Å². The first-order chi connectivity index (χ1) is 16.2. The van der Waals surface area contributed by atoms with Gasteiger partial charge in [-0.05, 0) is 91.9 Å². The maximum absolute atomic E-state index is 14.6. The van der Waals surface area contributed by atoms with Gasteiger partial charge in [-0.15, -0.1) is 0 Å². The van der Waals surface area contributed by atoms with E-state index >= 15 is 0 Å². The third kappa shape index (κ3) is 4.52. The zero-order valence-electron chi connectivity index (χ0n) is 20.6. The lowest BCUT2D eigenvalue weighted by molar-refractivity contribution is -0.0348. The number of hydrogen-bond acceptors (Lipinski definition) is 4. The Hall–Kier alpha value is -2.60. The van der Waals surface area contributed by atoms with Crippen molar-refractivity contribution in [2.24, 2.45) is 11.3 Å². The van der Waals surface area contributed by atoms with E-state index in [1.54, 1.807) is 6.07 Å². The molecule has 2 aromatic carbocycles. The molecule has 1 amide bonds. The molecule has 2 bridgehead atoms. The average Bonchev–Trinajstić information content (AvgIpc) is 3.04. The maximum atomic E-state index is 14.6. The van der Waals surface area contributed by atoms with Crippen LogP contribution in [0.15, 0.2) is 36.4 Å². The summed E-state index contributed by atoms with van der Waals surface area (Å²) in [6, 6.07) is 11.2. The van der Waals surface area contributed by atoms with Crippen molar-refractivity contribution >= 4 is 6.09 Å². The summed E-state index contributed by atoms with van der Waals surface area (Å²) in [4.78, 5) is 15.3. The molecule has 182 valence electrons. The van der Waals surface area contributed by atoms with Gasteiger partial charge in [-0.3, -0.25) is 4.90 Å². The lowest BCUT2D eigenvalue weighted by Crippen LogP contribution is -2.53. The number of ether oxygens (including phenoxy) is 2. The smallest absolute Gasteiger partial charge is 0.407 e. The van der Waals surface area contributed by atoms with Crippen molar-refractivity contribution in [3.63, 3.8) is 0 Å². The number of amides is 1. The molecule has 0 aromatic heterocycles. The van der Waals surface area contributed by atoms with Crippen LogP contribution >= 0.6 is 0 Å². The Bertz CT molecular complexity index is 1080. The highest BCUT2D eigenvalue weighted by Gasteiger charge is 2.42. The van der Waals surface area contributed by atoms with Crippen molar-refractivity contribution in [2.75, 3.05) is 19.6 Å². The molecule has 3 aliphatic heterocycles. The van der Waals surface area contributed by atoms with Crippen LogP contribution in [0.25, 0.3) is 11.1 Å². The number of piperidine rings is 3. The van der Waals surface area contributed by atoms with E-state index in [0.717, 1.165) is 55.6 Å². The van der Waals surface area contributed by atoms with Gasteiger partial charge in [-0.1, -0.05) is 38.1 Å². The normalized spacial score (nSPS) is 26.9. The van der Waals surface area contributed by atoms with Gasteiger partial charge in [0.15, 0.2) is 11.6 Å². The fraction of sp³-hybridized carbons (Fsp3) is 0.536. The second-order valence-electron chi connectivity index (χ2n) is 11.0. The Kier molecular flexibility index (Phi) is 6.05. The number of carbonyl (C=O) groups excluding carboxylic acids is 1. The number of carbonyl (C=O) groups is 1. The Balaban J connectivity index is 1.31. The van der Waals surface area contributed by atoms with Crippen LogP contribution in [0.4, 0.5) is 9.18 Å². The van der Waals surface area contributed by atoms with E-state index in [0.29, 0.717) is 5.92 Å². The highest BCUT2D eigenvalue weighted by Crippen LogP contribution is 2.46. The van der Waals surface area contributed by atoms with Crippen molar-refractivity contribution in [2.45, 2.75) is 65.2 Å². The summed E-state index contributed by atoms with van der Waals surface area (Å²) < 4.78 is 26.0. The number of hydrogen-bond donors (Lipinski definition) is 1. The molecule has 3 saturated heterocycles. The van der Waals surface area contributed by atoms with E-state index in [4.69, 9.17) is 9.47 Å². The minimum Gasteiger partial charge on any atom is -0.488 e. The fourth-order valence-electron chi connectivity index (χ4n) is 5.87. The summed E-state index contributed by atoms with van der Waals surface area (Å²) in [5, 5.41) is 3.17. The van der Waals surface area contributed by atoms with Crippen molar-refractivity contribution in [1.82, 2.24) is 10.2 Å². The number of benzene rings is 2. The molecular weight excluding hydrogens is 431 g/mol. The topological polar surface area (TPSA) is 50.8 Å². The molecular formula is C28H35FN2O3. The number of fused-ring (bicyclic) bond motifs is 4. The molecule has 1 aliphatic carbocycles. The Morgan fingerprint density at radius 3 is 2.47 bits per heavy atom. The summed E-state index contributed by atoms with van der Waals surface area (Å²) >= 11 is 0. The van der Waals surface area contributed by atoms with Gasteiger partial charge in [-0.2, -0.15) is 0 Å². The molecule has 5 nitrogen and oxygen atoms in total. The number of alkyl carbamates (subject to hydrolysis) is 1. The Morgan fingerprint density at radius 1 is 1.12 bits per heavy atom. The first-order valence-electron chi connectivity index (χ1n) is 12.5. The van der Waals surface area contributed by atoms with Gasteiger partial charge < -0.3 is 14.8 Å². The minimum absolute atomic E-state index is 0.00796. The lowest BCUT2D eigenvalue weighted by atomic mass is 9.85. The quantitative estimate of drug-likeness (QED) is 0.612. The van der Waals surface area contributed by atoms with Crippen LogP contribution in [0.5, 0.6) is 5.75 Å². The van der Waals surface area contributed by atoms with E-state index in [1.165, 1.54) is 11.6 Å². The highest BCUT2D eigenvalue weighted by atomic mass is 19.1. The van der Waals surface area contributed by atoms with Gasteiger partial charge in [0.2, 0.25) is 0 Å². The molecule has 2 aromatic rings. The standard InChI is InChI=1S/C28H35FN2O3/c1-17(2)33-24-8-6-20(14-23(24)29)19-5-7-22-21(13-19)15-28(3,4)26(22)30-27(32)34-25-16-31-11-9-18(25)10-12-31/h5-8,13-14,17-18,25-26H,9-12,15-16H2,1-4H3,(H,30,32)/t25-,26?/m0/s1. The predicted octanol–water partition coefficient (Wildman–Crippen LogP) is 5.72. The van der Waals surface area contributed by atoms with Gasteiger partial charge in [-0.25, -0.2) is 9.18 Å². The van der Waals surface area contributed by atoms with Gasteiger partial charge in [0, 0.05) is 6.54 Å². The van der Waals surface area contributed by atoms with Crippen molar-refractivity contribution in [1.29, 1.82) is 0 Å². The Labute approximate surface area is 201 Å². The second kappa shape index (κ2) is 8.88. The van der Waals surface area contributed by atoms with E-state index in [-0.39, 0.29) is 41.3 Å². The zero-order valence-corrected chi connectivity index (χ0v) is 20.6. The second-order valence-corrected chi connectivity index (χ2v) is 11.0. The number of nitrogens with zero attached hydrogens (tertiary/aromatic N) is 1. The van der Waals surface area contributed by atoms with Crippen LogP contribution in [-0.2, 0) is 11.2 Å². The number of nitrogens with one attached hydrogen (secondary N) is 1. The van der Waals surface area contributed by atoms with Crippen LogP contribution in [0.1, 0.15) is 57.7 Å². The van der Waals surface area contributed by atoms with Gasteiger partial charge in [0.1, 0.15) is 6.10 Å². The molecule has 4 aliphatic rings. The largest absolute Gasteiger partial charge is 0.488 e. The molecule has 1 N–H and O–H groups in total. The molecule has 0 radical (unpaired) electrons. The summed E-state index contributed by atoms with van der Waals surface area (Å²) in [5.41, 5.74) is 3.92. The lowest BCUT2D eigenvalue weighted by Gasteiger charge is -2.44. The average molecular weight is 467 g/mol. The van der Waals surface area contributed by atoms with E-state index in [1.807, 2.05) is 26.0 Å². The molecule has 3 heterocycles. The molecule has 2 atom stereocenters. The van der Waals surface area contributed by atoms with Crippen LogP contribution in [-0.4, -0.2) is 42.8 Å². The van der Waals surface area contributed by atoms with Gasteiger partial charge in [0.25, 0.3) is 0 Å². The summed E-state index contributed by atoms with van der Waals surface area (Å²) in [6.07, 6.45) is 2.65. The molecule has 1 unspecified atom stereocenters. The predicted molar refractivity (Wildman–Crippen MR) is 130 cm³/mol. The number of halogens is 1. The number of rotatable bonds is 5. The van der Waals surface area contributed by atoms with Gasteiger partial charge in [0.05, 0.1) is 12.1 Å². The summed E-state index contributed by atoms with van der Waals surface area (Å²) in [7, 11) is 0. The van der Waals surface area contributed by atoms with Gasteiger partial charge >= 0.3 is 6.09 Å². The molecule has 0 saturated carbocycles. The Morgan fingerprint density at radius 2 is 1.82 bits per heavy atom. The summed E-state index contributed by atoms with van der Waals surface area (Å²) in [6.45, 7) is 11.2. The van der Waals surface area contributed by atoms with Crippen molar-refractivity contribution in [3.8, 4) is 16.9 Å². The third-order valence-electron chi connectivity index (χ3n) is 7.63. The third-order valence-corrected chi connectivity index (χ3v) is 7.63. The minimum atomic E-state index is -0.359. The molecule has 6 heteroatoms. The first kappa shape index (κ1) is 23.2. The van der Waals surface area contributed by atoms with E-state index in [9.17, 15) is 9.18 Å². The molecule has 6 rings (SSSR count). The van der Waals surface area contributed by atoms with Crippen LogP contribution < -0.4 is 10.1 Å². The SMILES string of the molecule is CC(C)Oc1ccc(-c2ccc3c(c2)CC(C)(C)C3NC(=O)O[C@H]2CN3CCC2CC3)cc1F. The van der Waals surface area contributed by atoms with Crippen LogP contribution in [0, 0.1) is 17.2 Å². The zero-order chi connectivity index (χ0) is 24.0. The highest BCUT2D eigenvalue weighted by molar-refractivity contribution is 5.70. The fourth-order valence-corrected chi connectivity index (χ4v) is 5.87. The monoisotopic (exact) mass is 466 g/mol. The van der Waals surface area contributed by atoms with E-state index in [2.05, 4.69) is 36.2 Å². The summed E-state index contributed by atoms with van der Waals surface area (Å²) in [5.74, 6) is 0.397. The first-order valence-corrected chi connectivity index (χ1v) is 12.5. The van der Waals surface area contributed by atoms with Crippen LogP contribution in [0.3, 0.4) is 0 Å². The van der Waals surface area contributed by atoms with E-state index < -0.39 is 0 Å². The maximum Gasteiger partial charge on any atom is 0.407 e. The van der Waals surface area contributed by atoms with Crippen molar-refractivity contribution < 1.29 is 18.7 Å². The molecule has 34 heavy (non-hydrogen) atoms. The molecule has 0 spiro atoms. The van der Waals surface area contributed by atoms with Crippen molar-refractivity contribution in [3.05, 3.63) is 53.3 Å².